The quantitative estimate of drug-likeness (QED) is 0.643. The first-order valence-corrected chi connectivity index (χ1v) is 7.41. The van der Waals surface area contributed by atoms with Crippen molar-refractivity contribution in [1.82, 2.24) is 10.6 Å². The maximum Gasteiger partial charge on any atom is 0.239 e. The minimum atomic E-state index is -0.293. The van der Waals surface area contributed by atoms with Crippen molar-refractivity contribution >= 4 is 11.8 Å². The molecule has 0 aromatic rings. The van der Waals surface area contributed by atoms with Crippen LogP contribution in [0.1, 0.15) is 51.9 Å². The Morgan fingerprint density at radius 2 is 1.84 bits per heavy atom. The summed E-state index contributed by atoms with van der Waals surface area (Å²) in [6.07, 6.45) is 8.43. The third-order valence-electron chi connectivity index (χ3n) is 3.81. The molecule has 1 rings (SSSR count). The fourth-order valence-corrected chi connectivity index (χ4v) is 2.62. The average Bonchev–Trinajstić information content (AvgIpc) is 2.44. The zero-order valence-electron chi connectivity index (χ0n) is 11.9. The normalized spacial score (nSPS) is 22.8. The van der Waals surface area contributed by atoms with E-state index in [1.165, 1.54) is 32.1 Å². The van der Waals surface area contributed by atoms with E-state index in [9.17, 15) is 9.59 Å². The monoisotopic (exact) mass is 269 g/mol. The molecule has 0 aromatic carbocycles. The SMILES string of the molecule is CCCCC1CCC(NC(=O)CNC(=O)CN)CC1. The van der Waals surface area contributed by atoms with Gasteiger partial charge in [0.25, 0.3) is 0 Å². The van der Waals surface area contributed by atoms with Gasteiger partial charge in [-0.1, -0.05) is 26.2 Å². The Bertz CT molecular complexity index is 286. The molecular formula is C14H27N3O2. The number of hydrogen-bond donors (Lipinski definition) is 3. The molecule has 0 aromatic heterocycles. The van der Waals surface area contributed by atoms with E-state index in [4.69, 9.17) is 5.73 Å². The lowest BCUT2D eigenvalue weighted by Gasteiger charge is -2.29. The van der Waals surface area contributed by atoms with Gasteiger partial charge in [0, 0.05) is 6.04 Å². The zero-order chi connectivity index (χ0) is 14.1. The number of unbranched alkanes of at least 4 members (excludes halogenated alkanes) is 1. The predicted molar refractivity (Wildman–Crippen MR) is 75.5 cm³/mol. The molecule has 0 bridgehead atoms. The van der Waals surface area contributed by atoms with Crippen molar-refractivity contribution in [2.24, 2.45) is 11.7 Å². The van der Waals surface area contributed by atoms with Crippen molar-refractivity contribution in [2.75, 3.05) is 13.1 Å². The van der Waals surface area contributed by atoms with Crippen LogP contribution in [0.2, 0.25) is 0 Å². The number of hydrogen-bond acceptors (Lipinski definition) is 3. The maximum atomic E-state index is 11.6. The van der Waals surface area contributed by atoms with Crippen molar-refractivity contribution in [3.63, 3.8) is 0 Å². The minimum absolute atomic E-state index is 0.0335. The molecule has 1 aliphatic carbocycles. The molecule has 19 heavy (non-hydrogen) atoms. The number of nitrogens with one attached hydrogen (secondary N) is 2. The van der Waals surface area contributed by atoms with E-state index < -0.39 is 0 Å². The standard InChI is InChI=1S/C14H27N3O2/c1-2-3-4-11-5-7-12(8-6-11)17-14(19)10-16-13(18)9-15/h11-12H,2-10,15H2,1H3,(H,16,18)(H,17,19). The maximum absolute atomic E-state index is 11.6. The van der Waals surface area contributed by atoms with E-state index in [0.29, 0.717) is 0 Å². The summed E-state index contributed by atoms with van der Waals surface area (Å²) in [5.74, 6) is 0.433. The van der Waals surface area contributed by atoms with Crippen LogP contribution >= 0.6 is 0 Å². The number of rotatable bonds is 7. The highest BCUT2D eigenvalue weighted by Crippen LogP contribution is 2.28. The summed E-state index contributed by atoms with van der Waals surface area (Å²) >= 11 is 0. The molecule has 0 aliphatic heterocycles. The molecule has 0 heterocycles. The highest BCUT2D eigenvalue weighted by Gasteiger charge is 2.21. The zero-order valence-corrected chi connectivity index (χ0v) is 11.9. The van der Waals surface area contributed by atoms with Gasteiger partial charge in [-0.2, -0.15) is 0 Å². The lowest BCUT2D eigenvalue weighted by Crippen LogP contribution is -2.44. The Balaban J connectivity index is 2.14. The molecule has 0 radical (unpaired) electrons. The van der Waals surface area contributed by atoms with Crippen molar-refractivity contribution in [3.8, 4) is 0 Å². The Kier molecular flexibility index (Phi) is 7.48. The summed E-state index contributed by atoms with van der Waals surface area (Å²) in [6, 6.07) is 0.278. The molecule has 2 amide bonds. The molecule has 1 saturated carbocycles. The average molecular weight is 269 g/mol. The second kappa shape index (κ2) is 8.91. The molecule has 0 unspecified atom stereocenters. The Hall–Kier alpha value is -1.10. The molecule has 1 aliphatic rings. The molecule has 0 saturated heterocycles. The fraction of sp³-hybridized carbons (Fsp3) is 0.857. The Morgan fingerprint density at radius 3 is 2.42 bits per heavy atom. The third kappa shape index (κ3) is 6.57. The van der Waals surface area contributed by atoms with E-state index in [2.05, 4.69) is 17.6 Å². The van der Waals surface area contributed by atoms with Gasteiger partial charge in [-0.3, -0.25) is 9.59 Å². The molecule has 5 heteroatoms. The van der Waals surface area contributed by atoms with Gasteiger partial charge >= 0.3 is 0 Å². The minimum Gasteiger partial charge on any atom is -0.352 e. The fourth-order valence-electron chi connectivity index (χ4n) is 2.62. The van der Waals surface area contributed by atoms with Crippen molar-refractivity contribution in [2.45, 2.75) is 57.9 Å². The third-order valence-corrected chi connectivity index (χ3v) is 3.81. The van der Waals surface area contributed by atoms with Crippen molar-refractivity contribution in [3.05, 3.63) is 0 Å². The summed E-state index contributed by atoms with van der Waals surface area (Å²) in [4.78, 5) is 22.6. The van der Waals surface area contributed by atoms with Crippen LogP contribution in [0.15, 0.2) is 0 Å². The first-order chi connectivity index (χ1) is 9.15. The van der Waals surface area contributed by atoms with Crippen LogP contribution < -0.4 is 16.4 Å². The van der Waals surface area contributed by atoms with E-state index in [-0.39, 0.29) is 30.9 Å². The topological polar surface area (TPSA) is 84.2 Å². The summed E-state index contributed by atoms with van der Waals surface area (Å²) < 4.78 is 0. The van der Waals surface area contributed by atoms with Crippen LogP contribution in [0.25, 0.3) is 0 Å². The number of nitrogens with two attached hydrogens (primary N) is 1. The van der Waals surface area contributed by atoms with Gasteiger partial charge in [0.15, 0.2) is 0 Å². The lowest BCUT2D eigenvalue weighted by molar-refractivity contribution is -0.125. The van der Waals surface area contributed by atoms with Crippen molar-refractivity contribution in [1.29, 1.82) is 0 Å². The van der Waals surface area contributed by atoms with Gasteiger partial charge in [-0.05, 0) is 31.6 Å². The summed E-state index contributed by atoms with van der Waals surface area (Å²) in [5, 5.41) is 5.46. The predicted octanol–water partition coefficient (Wildman–Crippen LogP) is 0.927. The molecule has 0 spiro atoms. The lowest BCUT2D eigenvalue weighted by atomic mass is 9.83. The van der Waals surface area contributed by atoms with Crippen LogP contribution in [0.3, 0.4) is 0 Å². The van der Waals surface area contributed by atoms with Crippen LogP contribution in [0.5, 0.6) is 0 Å². The van der Waals surface area contributed by atoms with Crippen molar-refractivity contribution < 1.29 is 9.59 Å². The van der Waals surface area contributed by atoms with Gasteiger partial charge < -0.3 is 16.4 Å². The van der Waals surface area contributed by atoms with Crippen LogP contribution in [-0.2, 0) is 9.59 Å². The summed E-state index contributed by atoms with van der Waals surface area (Å²) in [5.41, 5.74) is 5.15. The van der Waals surface area contributed by atoms with E-state index in [0.717, 1.165) is 18.8 Å². The molecular weight excluding hydrogens is 242 g/mol. The first-order valence-electron chi connectivity index (χ1n) is 7.41. The highest BCUT2D eigenvalue weighted by molar-refractivity contribution is 5.85. The molecule has 1 fully saturated rings. The second-order valence-electron chi connectivity index (χ2n) is 5.41. The largest absolute Gasteiger partial charge is 0.352 e. The van der Waals surface area contributed by atoms with E-state index in [1.54, 1.807) is 0 Å². The summed E-state index contributed by atoms with van der Waals surface area (Å²) in [6.45, 7) is 2.18. The number of amides is 2. The van der Waals surface area contributed by atoms with Crippen LogP contribution in [0, 0.1) is 5.92 Å². The first kappa shape index (κ1) is 16.0. The van der Waals surface area contributed by atoms with Gasteiger partial charge in [0.05, 0.1) is 13.1 Å². The van der Waals surface area contributed by atoms with E-state index >= 15 is 0 Å². The smallest absolute Gasteiger partial charge is 0.239 e. The second-order valence-corrected chi connectivity index (χ2v) is 5.41. The molecule has 5 nitrogen and oxygen atoms in total. The molecule has 110 valence electrons. The summed E-state index contributed by atoms with van der Waals surface area (Å²) in [7, 11) is 0. The van der Waals surface area contributed by atoms with Gasteiger partial charge in [-0.15, -0.1) is 0 Å². The number of carbonyl (C=O) groups is 2. The van der Waals surface area contributed by atoms with Crippen LogP contribution in [0.4, 0.5) is 0 Å². The molecule has 0 atom stereocenters. The van der Waals surface area contributed by atoms with Gasteiger partial charge in [0.2, 0.25) is 11.8 Å². The van der Waals surface area contributed by atoms with Gasteiger partial charge in [0.1, 0.15) is 0 Å². The van der Waals surface area contributed by atoms with Gasteiger partial charge in [-0.25, -0.2) is 0 Å². The number of carbonyl (C=O) groups excluding carboxylic acids is 2. The Labute approximate surface area is 115 Å². The van der Waals surface area contributed by atoms with E-state index in [1.807, 2.05) is 0 Å². The van der Waals surface area contributed by atoms with Crippen LogP contribution in [-0.4, -0.2) is 30.9 Å². The molecule has 4 N–H and O–H groups in total. The Morgan fingerprint density at radius 1 is 1.16 bits per heavy atom. The highest BCUT2D eigenvalue weighted by atomic mass is 16.2.